The molecule has 1 amide bonds. The van der Waals surface area contributed by atoms with E-state index in [-0.39, 0.29) is 18.6 Å². The maximum Gasteiger partial charge on any atom is 0.249 e. The number of carbonyl (C=O) groups is 1. The van der Waals surface area contributed by atoms with E-state index in [0.717, 1.165) is 17.7 Å². The lowest BCUT2D eigenvalue weighted by atomic mass is 10.1. The van der Waals surface area contributed by atoms with Gasteiger partial charge in [0.25, 0.3) is 0 Å². The van der Waals surface area contributed by atoms with Crippen LogP contribution in [0.1, 0.15) is 12.0 Å². The van der Waals surface area contributed by atoms with Crippen molar-refractivity contribution < 1.29 is 14.3 Å². The molecule has 2 N–H and O–H groups in total. The molecule has 5 nitrogen and oxygen atoms in total. The molecule has 0 radical (unpaired) electrons. The van der Waals surface area contributed by atoms with Gasteiger partial charge in [-0.15, -0.1) is 0 Å². The molecule has 1 unspecified atom stereocenters. The number of rotatable bonds is 5. The summed E-state index contributed by atoms with van der Waals surface area (Å²) in [5.41, 5.74) is 6.64. The minimum absolute atomic E-state index is 0.0209. The molecule has 1 fully saturated rings. The van der Waals surface area contributed by atoms with Crippen LogP contribution in [0.25, 0.3) is 0 Å². The van der Waals surface area contributed by atoms with E-state index < -0.39 is 0 Å². The average Bonchev–Trinajstić information content (AvgIpc) is 2.43. The highest BCUT2D eigenvalue weighted by atomic mass is 16.5. The molecular weight excluding hydrogens is 244 g/mol. The normalized spacial score (nSPS) is 19.6. The first-order valence-corrected chi connectivity index (χ1v) is 6.45. The highest BCUT2D eigenvalue weighted by Crippen LogP contribution is 2.18. The van der Waals surface area contributed by atoms with Gasteiger partial charge in [0.2, 0.25) is 5.91 Å². The monoisotopic (exact) mass is 264 g/mol. The summed E-state index contributed by atoms with van der Waals surface area (Å²) in [6, 6.07) is 7.82. The van der Waals surface area contributed by atoms with Gasteiger partial charge in [-0.2, -0.15) is 0 Å². The van der Waals surface area contributed by atoms with Gasteiger partial charge in [-0.25, -0.2) is 0 Å². The predicted molar refractivity (Wildman–Crippen MR) is 71.8 cm³/mol. The third-order valence-corrected chi connectivity index (χ3v) is 3.28. The quantitative estimate of drug-likeness (QED) is 0.853. The number of methoxy groups -OCH3 is 1. The average molecular weight is 264 g/mol. The fraction of sp³-hybridized carbons (Fsp3) is 0.500. The minimum Gasteiger partial charge on any atom is -0.497 e. The smallest absolute Gasteiger partial charge is 0.249 e. The Morgan fingerprint density at radius 1 is 1.53 bits per heavy atom. The van der Waals surface area contributed by atoms with Crippen LogP contribution in [0, 0.1) is 0 Å². The van der Waals surface area contributed by atoms with Crippen molar-refractivity contribution in [3.8, 4) is 5.75 Å². The molecule has 1 saturated heterocycles. The summed E-state index contributed by atoms with van der Waals surface area (Å²) in [6.45, 7) is 1.85. The predicted octanol–water partition coefficient (Wildman–Crippen LogP) is 0.771. The highest BCUT2D eigenvalue weighted by Gasteiger charge is 2.28. The first kappa shape index (κ1) is 13.8. The van der Waals surface area contributed by atoms with Crippen molar-refractivity contribution in [1.29, 1.82) is 0 Å². The van der Waals surface area contributed by atoms with Crippen molar-refractivity contribution >= 4 is 5.91 Å². The standard InChI is InChI=1S/C14H20N2O3/c1-18-13-4-2-3-11(7-13)8-16-12(5-6-15)9-19-10-14(16)17/h2-4,7,12H,5-6,8-10,15H2,1H3. The van der Waals surface area contributed by atoms with E-state index in [0.29, 0.717) is 19.7 Å². The summed E-state index contributed by atoms with van der Waals surface area (Å²) in [5, 5.41) is 0. The van der Waals surface area contributed by atoms with Crippen LogP contribution < -0.4 is 10.5 Å². The Balaban J connectivity index is 2.10. The zero-order valence-electron chi connectivity index (χ0n) is 11.2. The van der Waals surface area contributed by atoms with E-state index in [1.165, 1.54) is 0 Å². The van der Waals surface area contributed by atoms with Crippen LogP contribution in [0.2, 0.25) is 0 Å². The Kier molecular flexibility index (Phi) is 4.76. The number of carbonyl (C=O) groups excluding carboxylic acids is 1. The molecular formula is C14H20N2O3. The Labute approximate surface area is 113 Å². The molecule has 1 atom stereocenters. The van der Waals surface area contributed by atoms with Crippen LogP contribution in [0.15, 0.2) is 24.3 Å². The molecule has 19 heavy (non-hydrogen) atoms. The van der Waals surface area contributed by atoms with Crippen molar-refractivity contribution in [2.75, 3.05) is 26.9 Å². The molecule has 1 aliphatic rings. The van der Waals surface area contributed by atoms with Gasteiger partial charge in [0, 0.05) is 6.54 Å². The Morgan fingerprint density at radius 2 is 2.37 bits per heavy atom. The SMILES string of the molecule is COc1cccc(CN2C(=O)COCC2CCN)c1. The summed E-state index contributed by atoms with van der Waals surface area (Å²) in [7, 11) is 1.64. The maximum absolute atomic E-state index is 12.0. The Bertz CT molecular complexity index is 434. The zero-order valence-corrected chi connectivity index (χ0v) is 11.2. The molecule has 1 aliphatic heterocycles. The van der Waals surface area contributed by atoms with Crippen LogP contribution >= 0.6 is 0 Å². The van der Waals surface area contributed by atoms with Gasteiger partial charge in [-0.1, -0.05) is 12.1 Å². The number of nitrogens with two attached hydrogens (primary N) is 1. The third kappa shape index (κ3) is 3.45. The molecule has 0 spiro atoms. The molecule has 1 aromatic rings. The summed E-state index contributed by atoms with van der Waals surface area (Å²) < 4.78 is 10.5. The van der Waals surface area contributed by atoms with E-state index in [9.17, 15) is 4.79 Å². The van der Waals surface area contributed by atoms with Gasteiger partial charge < -0.3 is 20.1 Å². The zero-order chi connectivity index (χ0) is 13.7. The number of hydrogen-bond acceptors (Lipinski definition) is 4. The molecule has 0 bridgehead atoms. The summed E-state index contributed by atoms with van der Waals surface area (Å²) in [4.78, 5) is 13.8. The van der Waals surface area contributed by atoms with E-state index >= 15 is 0 Å². The Hall–Kier alpha value is -1.59. The fourth-order valence-electron chi connectivity index (χ4n) is 2.28. The molecule has 1 aromatic carbocycles. The number of ether oxygens (including phenoxy) is 2. The molecule has 2 rings (SSSR count). The first-order chi connectivity index (χ1) is 9.24. The lowest BCUT2D eigenvalue weighted by molar-refractivity contribution is -0.149. The second kappa shape index (κ2) is 6.54. The molecule has 1 heterocycles. The molecule has 5 heteroatoms. The molecule has 0 aromatic heterocycles. The van der Waals surface area contributed by atoms with Crippen molar-refractivity contribution in [3.63, 3.8) is 0 Å². The number of amides is 1. The second-order valence-electron chi connectivity index (χ2n) is 4.62. The third-order valence-electron chi connectivity index (χ3n) is 3.28. The van der Waals surface area contributed by atoms with Gasteiger partial charge >= 0.3 is 0 Å². The van der Waals surface area contributed by atoms with Crippen molar-refractivity contribution in [1.82, 2.24) is 4.90 Å². The number of morpholine rings is 1. The Morgan fingerprint density at radius 3 is 3.11 bits per heavy atom. The van der Waals surface area contributed by atoms with Crippen LogP contribution in [-0.2, 0) is 16.1 Å². The van der Waals surface area contributed by atoms with E-state index in [4.69, 9.17) is 15.2 Å². The van der Waals surface area contributed by atoms with Crippen molar-refractivity contribution in [2.45, 2.75) is 19.0 Å². The van der Waals surface area contributed by atoms with Gasteiger partial charge in [-0.05, 0) is 30.7 Å². The topological polar surface area (TPSA) is 64.8 Å². The largest absolute Gasteiger partial charge is 0.497 e. The van der Waals surface area contributed by atoms with Crippen molar-refractivity contribution in [3.05, 3.63) is 29.8 Å². The van der Waals surface area contributed by atoms with Gasteiger partial charge in [-0.3, -0.25) is 4.79 Å². The van der Waals surface area contributed by atoms with Gasteiger partial charge in [0.1, 0.15) is 12.4 Å². The molecule has 104 valence electrons. The number of hydrogen-bond donors (Lipinski definition) is 1. The van der Waals surface area contributed by atoms with Crippen LogP contribution in [0.3, 0.4) is 0 Å². The lowest BCUT2D eigenvalue weighted by Gasteiger charge is -2.35. The van der Waals surface area contributed by atoms with Crippen LogP contribution in [0.5, 0.6) is 5.75 Å². The summed E-state index contributed by atoms with van der Waals surface area (Å²) >= 11 is 0. The van der Waals surface area contributed by atoms with Crippen molar-refractivity contribution in [2.24, 2.45) is 5.73 Å². The van der Waals surface area contributed by atoms with Crippen LogP contribution in [0.4, 0.5) is 0 Å². The summed E-state index contributed by atoms with van der Waals surface area (Å²) in [6.07, 6.45) is 0.760. The number of benzene rings is 1. The van der Waals surface area contributed by atoms with Gasteiger partial charge in [0.05, 0.1) is 19.8 Å². The minimum atomic E-state index is 0.0209. The van der Waals surface area contributed by atoms with Gasteiger partial charge in [0.15, 0.2) is 0 Å². The lowest BCUT2D eigenvalue weighted by Crippen LogP contribution is -2.49. The van der Waals surface area contributed by atoms with E-state index in [1.54, 1.807) is 7.11 Å². The van der Waals surface area contributed by atoms with E-state index in [1.807, 2.05) is 29.2 Å². The first-order valence-electron chi connectivity index (χ1n) is 6.45. The molecule has 0 saturated carbocycles. The van der Waals surface area contributed by atoms with Crippen LogP contribution in [-0.4, -0.2) is 43.7 Å². The summed E-state index contributed by atoms with van der Waals surface area (Å²) in [5.74, 6) is 0.820. The number of nitrogens with zero attached hydrogens (tertiary/aromatic N) is 1. The second-order valence-corrected chi connectivity index (χ2v) is 4.62. The highest BCUT2D eigenvalue weighted by molar-refractivity contribution is 5.78. The van der Waals surface area contributed by atoms with E-state index in [2.05, 4.69) is 0 Å². The fourth-order valence-corrected chi connectivity index (χ4v) is 2.28. The maximum atomic E-state index is 12.0. The molecule has 0 aliphatic carbocycles.